The highest BCUT2D eigenvalue weighted by atomic mass is 35.5. The van der Waals surface area contributed by atoms with Gasteiger partial charge in [-0.3, -0.25) is 9.78 Å². The molecule has 0 spiro atoms. The number of amides is 1. The van der Waals surface area contributed by atoms with Crippen LogP contribution >= 0.6 is 11.8 Å². The fourth-order valence-electron chi connectivity index (χ4n) is 1.13. The van der Waals surface area contributed by atoms with E-state index in [0.717, 1.165) is 0 Å². The van der Waals surface area contributed by atoms with Crippen LogP contribution in [0.25, 0.3) is 0 Å². The van der Waals surface area contributed by atoms with E-state index in [1.165, 1.54) is 19.4 Å². The van der Waals surface area contributed by atoms with Crippen LogP contribution in [0.2, 0.25) is 0 Å². The molecule has 1 unspecified atom stereocenters. The van der Waals surface area contributed by atoms with Gasteiger partial charge < -0.3 is 9.84 Å². The summed E-state index contributed by atoms with van der Waals surface area (Å²) in [6, 6.07) is 3.44. The van der Waals surface area contributed by atoms with Crippen LogP contribution in [0.4, 0.5) is 0 Å². The minimum absolute atomic E-state index is 0.0739. The molecular formula is C10H11ClN2O4. The van der Waals surface area contributed by atoms with Crippen molar-refractivity contribution >= 4 is 23.7 Å². The van der Waals surface area contributed by atoms with Crippen molar-refractivity contribution in [2.45, 2.75) is 6.04 Å². The van der Waals surface area contributed by atoms with Crippen molar-refractivity contribution in [2.75, 3.05) is 13.7 Å². The van der Waals surface area contributed by atoms with Crippen molar-refractivity contribution in [3.63, 3.8) is 0 Å². The molecule has 0 aliphatic carbocycles. The number of carbonyl (C=O) groups excluding carboxylic acids is 1. The number of nitrogens with zero attached hydrogens (tertiary/aromatic N) is 2. The van der Waals surface area contributed by atoms with Crippen molar-refractivity contribution in [3.8, 4) is 0 Å². The molecule has 1 amide bonds. The van der Waals surface area contributed by atoms with Crippen LogP contribution < -0.4 is 0 Å². The van der Waals surface area contributed by atoms with Crippen LogP contribution in [0.5, 0.6) is 0 Å². The quantitative estimate of drug-likeness (QED) is 0.790. The smallest absolute Gasteiger partial charge is 0.330 e. The Morgan fingerprint density at radius 3 is 2.76 bits per heavy atom. The molecule has 0 bridgehead atoms. The van der Waals surface area contributed by atoms with E-state index in [-0.39, 0.29) is 12.3 Å². The topological polar surface area (TPSA) is 79.7 Å². The summed E-state index contributed by atoms with van der Waals surface area (Å²) in [5, 5.41) is 8.89. The molecule has 1 atom stereocenters. The first-order chi connectivity index (χ1) is 8.07. The van der Waals surface area contributed by atoms with Crippen molar-refractivity contribution in [1.82, 2.24) is 9.40 Å². The zero-order chi connectivity index (χ0) is 12.8. The van der Waals surface area contributed by atoms with E-state index >= 15 is 0 Å². The van der Waals surface area contributed by atoms with E-state index < -0.39 is 17.9 Å². The van der Waals surface area contributed by atoms with Gasteiger partial charge in [0.25, 0.3) is 5.91 Å². The summed E-state index contributed by atoms with van der Waals surface area (Å²) in [5.74, 6) is -1.93. The zero-order valence-corrected chi connectivity index (χ0v) is 9.79. The van der Waals surface area contributed by atoms with Gasteiger partial charge in [0.1, 0.15) is 5.69 Å². The first-order valence-electron chi connectivity index (χ1n) is 4.70. The van der Waals surface area contributed by atoms with E-state index in [1.54, 1.807) is 12.1 Å². The van der Waals surface area contributed by atoms with Gasteiger partial charge in [-0.05, 0) is 12.1 Å². The molecule has 0 aromatic carbocycles. The highest BCUT2D eigenvalue weighted by Gasteiger charge is 2.29. The average Bonchev–Trinajstić information content (AvgIpc) is 2.35. The number of methoxy groups -OCH3 is 1. The van der Waals surface area contributed by atoms with Crippen molar-refractivity contribution < 1.29 is 19.4 Å². The van der Waals surface area contributed by atoms with Crippen LogP contribution in [-0.4, -0.2) is 46.1 Å². The number of aromatic nitrogens is 1. The lowest BCUT2D eigenvalue weighted by Gasteiger charge is -2.20. The molecule has 7 heteroatoms. The van der Waals surface area contributed by atoms with Crippen molar-refractivity contribution in [1.29, 1.82) is 0 Å². The molecule has 1 aromatic heterocycles. The molecule has 1 aromatic rings. The number of aliphatic carboxylic acids is 1. The van der Waals surface area contributed by atoms with Gasteiger partial charge in [0, 0.05) is 25.1 Å². The Morgan fingerprint density at radius 2 is 2.29 bits per heavy atom. The Kier molecular flexibility index (Phi) is 4.86. The van der Waals surface area contributed by atoms with Gasteiger partial charge in [0.2, 0.25) is 0 Å². The lowest BCUT2D eigenvalue weighted by atomic mass is 10.2. The monoisotopic (exact) mass is 258 g/mol. The van der Waals surface area contributed by atoms with Gasteiger partial charge in [-0.15, -0.1) is 0 Å². The molecule has 0 aliphatic heterocycles. The van der Waals surface area contributed by atoms with E-state index in [0.29, 0.717) is 4.42 Å². The number of halogens is 1. The van der Waals surface area contributed by atoms with Crippen LogP contribution in [0.1, 0.15) is 10.5 Å². The summed E-state index contributed by atoms with van der Waals surface area (Å²) in [6.07, 6.45) is 1.42. The molecule has 92 valence electrons. The van der Waals surface area contributed by atoms with E-state index in [2.05, 4.69) is 4.98 Å². The number of carbonyl (C=O) groups is 2. The van der Waals surface area contributed by atoms with Gasteiger partial charge in [-0.2, -0.15) is 0 Å². The lowest BCUT2D eigenvalue weighted by molar-refractivity contribution is -0.142. The van der Waals surface area contributed by atoms with Crippen LogP contribution in [0.15, 0.2) is 24.4 Å². The Balaban J connectivity index is 2.84. The number of hydrogen-bond donors (Lipinski definition) is 1. The van der Waals surface area contributed by atoms with Crippen LogP contribution in [-0.2, 0) is 9.53 Å². The fourth-order valence-corrected chi connectivity index (χ4v) is 1.36. The fraction of sp³-hybridized carbons (Fsp3) is 0.300. The Bertz CT molecular complexity index is 399. The maximum absolute atomic E-state index is 11.8. The van der Waals surface area contributed by atoms with E-state index in [9.17, 15) is 9.59 Å². The first-order valence-corrected chi connectivity index (χ1v) is 5.04. The van der Waals surface area contributed by atoms with Crippen molar-refractivity contribution in [2.24, 2.45) is 0 Å². The lowest BCUT2D eigenvalue weighted by Crippen LogP contribution is -2.42. The summed E-state index contributed by atoms with van der Waals surface area (Å²) in [6.45, 7) is -0.197. The molecule has 1 heterocycles. The normalized spacial score (nSPS) is 11.9. The molecule has 0 aliphatic rings. The second kappa shape index (κ2) is 6.17. The Hall–Kier alpha value is -1.66. The number of ether oxygens (including phenoxy) is 1. The SMILES string of the molecule is COCC(C(=O)O)N(Cl)C(=O)c1ccccn1. The molecule has 1 rings (SSSR count). The van der Waals surface area contributed by atoms with Gasteiger partial charge in [-0.25, -0.2) is 9.21 Å². The number of hydrogen-bond acceptors (Lipinski definition) is 4. The predicted octanol–water partition coefficient (Wildman–Crippen LogP) is 0.777. The van der Waals surface area contributed by atoms with Gasteiger partial charge in [0.05, 0.1) is 6.61 Å². The third-order valence-electron chi connectivity index (χ3n) is 1.96. The first kappa shape index (κ1) is 13.4. The Morgan fingerprint density at radius 1 is 1.59 bits per heavy atom. The standard InChI is InChI=1S/C10H11ClN2O4/c1-17-6-8(10(15)16)13(11)9(14)7-4-2-3-5-12-7/h2-5,8H,6H2,1H3,(H,15,16). The molecule has 0 radical (unpaired) electrons. The maximum atomic E-state index is 11.8. The summed E-state index contributed by atoms with van der Waals surface area (Å²) in [7, 11) is 1.33. The molecule has 0 saturated heterocycles. The average molecular weight is 259 g/mol. The molecular weight excluding hydrogens is 248 g/mol. The maximum Gasteiger partial charge on any atom is 0.330 e. The molecule has 1 N–H and O–H groups in total. The minimum Gasteiger partial charge on any atom is -0.480 e. The molecule has 17 heavy (non-hydrogen) atoms. The summed E-state index contributed by atoms with van der Waals surface area (Å²) < 4.78 is 5.27. The van der Waals surface area contributed by atoms with Gasteiger partial charge in [-0.1, -0.05) is 6.07 Å². The zero-order valence-electron chi connectivity index (χ0n) is 9.04. The second-order valence-corrected chi connectivity index (χ2v) is 3.50. The molecule has 0 fully saturated rings. The number of carboxylic acids is 1. The van der Waals surface area contributed by atoms with Crippen LogP contribution in [0, 0.1) is 0 Å². The third-order valence-corrected chi connectivity index (χ3v) is 2.35. The second-order valence-electron chi connectivity index (χ2n) is 3.14. The highest BCUT2D eigenvalue weighted by molar-refractivity contribution is 6.25. The minimum atomic E-state index is -1.25. The molecule has 6 nitrogen and oxygen atoms in total. The summed E-state index contributed by atoms with van der Waals surface area (Å²) in [4.78, 5) is 26.5. The number of pyridine rings is 1. The van der Waals surface area contributed by atoms with E-state index in [4.69, 9.17) is 21.6 Å². The van der Waals surface area contributed by atoms with Crippen LogP contribution in [0.3, 0.4) is 0 Å². The largest absolute Gasteiger partial charge is 0.480 e. The molecule has 0 saturated carbocycles. The Labute approximate surface area is 103 Å². The highest BCUT2D eigenvalue weighted by Crippen LogP contribution is 2.10. The summed E-state index contributed by atoms with van der Waals surface area (Å²) >= 11 is 5.69. The van der Waals surface area contributed by atoms with E-state index in [1.807, 2.05) is 0 Å². The predicted molar refractivity (Wildman–Crippen MR) is 59.6 cm³/mol. The third kappa shape index (κ3) is 3.40. The number of carboxylic acid groups (broad SMARTS) is 1. The van der Waals surface area contributed by atoms with Crippen molar-refractivity contribution in [3.05, 3.63) is 30.1 Å². The van der Waals surface area contributed by atoms with Gasteiger partial charge in [0.15, 0.2) is 6.04 Å². The number of rotatable bonds is 5. The van der Waals surface area contributed by atoms with Gasteiger partial charge >= 0.3 is 5.97 Å². The summed E-state index contributed by atoms with van der Waals surface area (Å²) in [5.41, 5.74) is 0.0739.